The quantitative estimate of drug-likeness (QED) is 0.147. The van der Waals surface area contributed by atoms with Crippen LogP contribution in [-0.2, 0) is 9.47 Å². The third kappa shape index (κ3) is 5.14. The molecule has 8 nitrogen and oxygen atoms in total. The van der Waals surface area contributed by atoms with Crippen molar-refractivity contribution in [1.82, 2.24) is 4.57 Å². The van der Waals surface area contributed by atoms with E-state index < -0.39 is 23.3 Å². The van der Waals surface area contributed by atoms with E-state index in [0.717, 1.165) is 4.47 Å². The number of aromatic nitrogens is 1. The van der Waals surface area contributed by atoms with Crippen LogP contribution in [0.15, 0.2) is 86.5 Å². The number of nitrogens with zero attached hydrogens (tertiary/aromatic N) is 1. The number of carbonyl (C=O) groups excluding carboxylic acids is 2. The fraction of sp³-hybridized carbons (Fsp3) is 0.129. The molecule has 0 aliphatic carbocycles. The number of benzene rings is 3. The summed E-state index contributed by atoms with van der Waals surface area (Å²) in [5.74, 6) is -2.13. The number of halogens is 2. The summed E-state index contributed by atoms with van der Waals surface area (Å²) >= 11 is 9.63. The summed E-state index contributed by atoms with van der Waals surface area (Å²) < 4.78 is 18.7. The maximum absolute atomic E-state index is 13.7. The lowest BCUT2D eigenvalue weighted by molar-refractivity contribution is 0.0473. The zero-order valence-electron chi connectivity index (χ0n) is 21.9. The second kappa shape index (κ2) is 11.6. The number of aromatic hydroxyl groups is 1. The molecule has 5 rings (SSSR count). The minimum absolute atomic E-state index is 0.0153. The average molecular weight is 637 g/mol. The number of esters is 2. The van der Waals surface area contributed by atoms with Crippen molar-refractivity contribution in [2.24, 2.45) is 0 Å². The molecule has 0 aliphatic rings. The van der Waals surface area contributed by atoms with Crippen LogP contribution in [-0.4, -0.2) is 34.8 Å². The Kier molecular flexibility index (Phi) is 8.01. The summed E-state index contributed by atoms with van der Waals surface area (Å²) in [6, 6.07) is 20.1. The van der Waals surface area contributed by atoms with Gasteiger partial charge in [-0.3, -0.25) is 0 Å². The zero-order valence-corrected chi connectivity index (χ0v) is 24.3. The Morgan fingerprint density at radius 3 is 2.20 bits per heavy atom. The second-order valence-corrected chi connectivity index (χ2v) is 10.2. The van der Waals surface area contributed by atoms with Crippen molar-refractivity contribution in [2.75, 3.05) is 13.2 Å². The normalized spacial score (nSPS) is 11.0. The van der Waals surface area contributed by atoms with Crippen LogP contribution in [0.25, 0.3) is 39.0 Å². The fourth-order valence-corrected chi connectivity index (χ4v) is 5.08. The van der Waals surface area contributed by atoms with Crippen molar-refractivity contribution in [1.29, 1.82) is 0 Å². The van der Waals surface area contributed by atoms with Crippen LogP contribution in [0.2, 0.25) is 5.02 Å². The zero-order chi connectivity index (χ0) is 29.3. The number of hydrogen-bond donors (Lipinski definition) is 1. The first-order valence-corrected chi connectivity index (χ1v) is 13.8. The van der Waals surface area contributed by atoms with E-state index in [1.165, 1.54) is 4.57 Å². The van der Waals surface area contributed by atoms with Crippen LogP contribution in [0.3, 0.4) is 0 Å². The molecule has 0 bridgehead atoms. The maximum Gasteiger partial charge on any atom is 0.356 e. The van der Waals surface area contributed by atoms with Gasteiger partial charge >= 0.3 is 17.6 Å². The van der Waals surface area contributed by atoms with E-state index in [1.807, 2.05) is 0 Å². The smallest absolute Gasteiger partial charge is 0.356 e. The molecule has 0 spiro atoms. The Balaban J connectivity index is 2.05. The van der Waals surface area contributed by atoms with Crippen molar-refractivity contribution in [2.45, 2.75) is 13.8 Å². The van der Waals surface area contributed by atoms with Gasteiger partial charge in [-0.05, 0) is 67.9 Å². The van der Waals surface area contributed by atoms with Crippen LogP contribution in [0.5, 0.6) is 5.75 Å². The van der Waals surface area contributed by atoms with E-state index in [9.17, 15) is 19.5 Å². The van der Waals surface area contributed by atoms with Gasteiger partial charge in [0.05, 0.1) is 24.3 Å². The first-order valence-electron chi connectivity index (χ1n) is 12.7. The first kappa shape index (κ1) is 28.2. The molecular weight excluding hydrogens is 614 g/mol. The highest BCUT2D eigenvalue weighted by Gasteiger charge is 2.37. The van der Waals surface area contributed by atoms with Gasteiger partial charge in [-0.25, -0.2) is 14.4 Å². The van der Waals surface area contributed by atoms with E-state index >= 15 is 0 Å². The van der Waals surface area contributed by atoms with Crippen molar-refractivity contribution in [3.8, 4) is 33.8 Å². The van der Waals surface area contributed by atoms with Crippen molar-refractivity contribution in [3.63, 3.8) is 0 Å². The number of ether oxygens (including phenoxy) is 2. The molecule has 2 heterocycles. The maximum atomic E-state index is 13.7. The van der Waals surface area contributed by atoms with E-state index in [1.54, 1.807) is 86.6 Å². The Bertz CT molecular complexity index is 1840. The lowest BCUT2D eigenvalue weighted by Gasteiger charge is -2.15. The van der Waals surface area contributed by atoms with Gasteiger partial charge in [-0.2, -0.15) is 0 Å². The summed E-state index contributed by atoms with van der Waals surface area (Å²) in [5.41, 5.74) is -0.341. The van der Waals surface area contributed by atoms with E-state index in [0.29, 0.717) is 16.3 Å². The van der Waals surface area contributed by atoms with E-state index in [2.05, 4.69) is 15.9 Å². The molecule has 1 N–H and O–H groups in total. The number of carbonyl (C=O) groups is 2. The van der Waals surface area contributed by atoms with Crippen LogP contribution in [0.4, 0.5) is 0 Å². The number of rotatable bonds is 7. The van der Waals surface area contributed by atoms with Crippen LogP contribution in [0.1, 0.15) is 34.7 Å². The van der Waals surface area contributed by atoms with Crippen LogP contribution < -0.4 is 5.63 Å². The molecular formula is C31H23BrClNO7. The average Bonchev–Trinajstić information content (AvgIpc) is 3.30. The van der Waals surface area contributed by atoms with Gasteiger partial charge in [0.25, 0.3) is 0 Å². The van der Waals surface area contributed by atoms with E-state index in [4.69, 9.17) is 25.5 Å². The number of fused-ring (bicyclic) bond motifs is 1. The SMILES string of the molecule is CCOC(=O)c1c(-c2c(O)c3ccccc3oc2=O)c(-c2ccc(Cl)cc2)n(-c2ccc(Br)cc2)c1C(=O)OCC. The van der Waals surface area contributed by atoms with Gasteiger partial charge < -0.3 is 23.6 Å². The fourth-order valence-electron chi connectivity index (χ4n) is 4.69. The number of hydrogen-bond acceptors (Lipinski definition) is 7. The van der Waals surface area contributed by atoms with Crippen molar-refractivity contribution in [3.05, 3.63) is 104 Å². The van der Waals surface area contributed by atoms with Crippen LogP contribution >= 0.6 is 27.5 Å². The summed E-state index contributed by atoms with van der Waals surface area (Å²) in [6.07, 6.45) is 0. The topological polar surface area (TPSA) is 108 Å². The molecule has 208 valence electrons. The summed E-state index contributed by atoms with van der Waals surface area (Å²) in [6.45, 7) is 3.26. The molecule has 0 unspecified atom stereocenters. The third-order valence-corrected chi connectivity index (χ3v) is 7.14. The molecule has 10 heteroatoms. The third-order valence-electron chi connectivity index (χ3n) is 6.36. The minimum atomic E-state index is -0.912. The van der Waals surface area contributed by atoms with Gasteiger partial charge in [0.15, 0.2) is 0 Å². The molecule has 0 amide bonds. The molecule has 0 aliphatic heterocycles. The molecule has 0 saturated carbocycles. The lowest BCUT2D eigenvalue weighted by Crippen LogP contribution is -2.17. The highest BCUT2D eigenvalue weighted by molar-refractivity contribution is 9.10. The highest BCUT2D eigenvalue weighted by atomic mass is 79.9. The summed E-state index contributed by atoms with van der Waals surface area (Å²) in [7, 11) is 0. The standard InChI is InChI=1S/C31H23BrClNO7/c1-3-39-29(36)24-23(25-28(35)21-7-5-6-8-22(21)41-30(25)37)26(17-9-13-19(33)14-10-17)34(27(24)31(38)40-4-2)20-15-11-18(32)12-16-20/h5-16,35H,3-4H2,1-2H3. The predicted octanol–water partition coefficient (Wildman–Crippen LogP) is 7.39. The second-order valence-electron chi connectivity index (χ2n) is 8.82. The molecule has 5 aromatic rings. The largest absolute Gasteiger partial charge is 0.506 e. The molecule has 0 atom stereocenters. The van der Waals surface area contributed by atoms with E-state index in [-0.39, 0.29) is 52.3 Å². The summed E-state index contributed by atoms with van der Waals surface area (Å²) in [4.78, 5) is 40.9. The highest BCUT2D eigenvalue weighted by Crippen LogP contribution is 2.45. The molecule has 0 fully saturated rings. The molecule has 3 aromatic carbocycles. The van der Waals surface area contributed by atoms with Crippen molar-refractivity contribution >= 4 is 50.4 Å². The van der Waals surface area contributed by atoms with Crippen LogP contribution in [0, 0.1) is 0 Å². The van der Waals surface area contributed by atoms with Crippen molar-refractivity contribution < 1.29 is 28.6 Å². The Morgan fingerprint density at radius 1 is 0.902 bits per heavy atom. The minimum Gasteiger partial charge on any atom is -0.506 e. The molecule has 2 aromatic heterocycles. The van der Waals surface area contributed by atoms with Gasteiger partial charge in [-0.1, -0.05) is 51.8 Å². The molecule has 0 saturated heterocycles. The predicted molar refractivity (Wildman–Crippen MR) is 159 cm³/mol. The monoisotopic (exact) mass is 635 g/mol. The summed E-state index contributed by atoms with van der Waals surface area (Å²) in [5, 5.41) is 12.2. The molecule has 41 heavy (non-hydrogen) atoms. The Morgan fingerprint density at radius 2 is 1.54 bits per heavy atom. The Hall–Kier alpha value is -4.34. The van der Waals surface area contributed by atoms with Gasteiger partial charge in [0.2, 0.25) is 0 Å². The lowest BCUT2D eigenvalue weighted by atomic mass is 9.96. The molecule has 0 radical (unpaired) electrons. The van der Waals surface area contributed by atoms with Gasteiger partial charge in [-0.15, -0.1) is 0 Å². The van der Waals surface area contributed by atoms with Gasteiger partial charge in [0.1, 0.15) is 28.2 Å². The van der Waals surface area contributed by atoms with Gasteiger partial charge in [0, 0.05) is 20.7 Å². The number of para-hydroxylation sites is 1. The Labute approximate surface area is 247 Å². The first-order chi connectivity index (χ1) is 19.8.